The maximum Gasteiger partial charge on any atom is 1.00 e. The van der Waals surface area contributed by atoms with Crippen LogP contribution in [-0.4, -0.2) is 40.3 Å². The van der Waals surface area contributed by atoms with Crippen molar-refractivity contribution in [2.75, 3.05) is 19.6 Å². The largest absolute Gasteiger partial charge is 1.00 e. The van der Waals surface area contributed by atoms with Crippen molar-refractivity contribution >= 4 is 23.2 Å². The number of halogens is 4. The molecule has 10 heteroatoms. The first-order chi connectivity index (χ1) is 15.3. The maximum absolute atomic E-state index is 12.7. The van der Waals surface area contributed by atoms with Crippen LogP contribution >= 0.6 is 11.6 Å². The second-order valence-corrected chi connectivity index (χ2v) is 9.14. The topological polar surface area (TPSA) is 69.9 Å². The van der Waals surface area contributed by atoms with Crippen LogP contribution in [0.4, 0.5) is 19.0 Å². The van der Waals surface area contributed by atoms with Crippen molar-refractivity contribution in [2.24, 2.45) is 11.3 Å². The third-order valence-corrected chi connectivity index (χ3v) is 6.99. The zero-order valence-electron chi connectivity index (χ0n) is 19.5. The maximum atomic E-state index is 12.7. The number of nitrogens with zero attached hydrogens (tertiary/aromatic N) is 3. The van der Waals surface area contributed by atoms with E-state index in [1.165, 1.54) is 12.1 Å². The van der Waals surface area contributed by atoms with E-state index < -0.39 is 17.8 Å². The van der Waals surface area contributed by atoms with Crippen LogP contribution in [0.3, 0.4) is 0 Å². The monoisotopic (exact) mass is 486 g/mol. The third-order valence-electron chi connectivity index (χ3n) is 6.82. The van der Waals surface area contributed by atoms with Crippen LogP contribution in [0.25, 0.3) is 5.73 Å². The first kappa shape index (κ1) is 28.6. The van der Waals surface area contributed by atoms with Gasteiger partial charge in [0.25, 0.3) is 0 Å². The van der Waals surface area contributed by atoms with Crippen molar-refractivity contribution in [2.45, 2.75) is 45.0 Å². The first-order valence-electron chi connectivity index (χ1n) is 10.7. The number of carbonyl (C=O) groups excluding carboxylic acids is 1. The molecule has 0 saturated carbocycles. The molecule has 5 rings (SSSR count). The normalized spacial score (nSPS) is 24.0. The molecule has 34 heavy (non-hydrogen) atoms. The van der Waals surface area contributed by atoms with E-state index in [2.05, 4.69) is 14.9 Å². The van der Waals surface area contributed by atoms with Gasteiger partial charge in [-0.25, -0.2) is 18.2 Å². The number of hydrogen-bond acceptors (Lipinski definition) is 4. The van der Waals surface area contributed by atoms with Crippen molar-refractivity contribution in [1.29, 1.82) is 0 Å². The van der Waals surface area contributed by atoms with Crippen molar-refractivity contribution in [3.05, 3.63) is 65.3 Å². The summed E-state index contributed by atoms with van der Waals surface area (Å²) in [7, 11) is 0. The Kier molecular flexibility index (Phi) is 10.0. The number of benzene rings is 1. The molecular weight excluding hydrogens is 460 g/mol. The van der Waals surface area contributed by atoms with Crippen LogP contribution in [0.1, 0.15) is 48.9 Å². The van der Waals surface area contributed by atoms with E-state index in [4.69, 9.17) is 17.3 Å². The molecule has 2 saturated heterocycles. The predicted octanol–water partition coefficient (Wildman–Crippen LogP) is 2.99. The number of carbonyl (C=O) groups is 1. The second kappa shape index (κ2) is 11.9. The van der Waals surface area contributed by atoms with E-state index in [9.17, 15) is 18.0 Å². The van der Waals surface area contributed by atoms with Gasteiger partial charge in [0.15, 0.2) is 0 Å². The van der Waals surface area contributed by atoms with Gasteiger partial charge >= 0.3 is 18.9 Å². The number of fused-ring (bicyclic) bond motifs is 3. The van der Waals surface area contributed by atoms with Gasteiger partial charge in [-0.3, -0.25) is 4.79 Å². The molecule has 0 radical (unpaired) electrons. The molecule has 1 aromatic heterocycles. The molecule has 2 aliphatic heterocycles. The van der Waals surface area contributed by atoms with Gasteiger partial charge in [-0.1, -0.05) is 23.0 Å². The molecule has 1 unspecified atom stereocenters. The summed E-state index contributed by atoms with van der Waals surface area (Å²) in [5.74, 6) is 0.145. The van der Waals surface area contributed by atoms with Crippen LogP contribution in [0.2, 0.25) is 5.28 Å². The summed E-state index contributed by atoms with van der Waals surface area (Å²) < 4.78 is 35.8. The fourth-order valence-corrected chi connectivity index (χ4v) is 5.20. The molecule has 2 aromatic rings. The minimum atomic E-state index is -2.75. The first-order valence-corrected chi connectivity index (χ1v) is 11.1. The Morgan fingerprint density at radius 1 is 1.29 bits per heavy atom. The van der Waals surface area contributed by atoms with E-state index in [-0.39, 0.29) is 42.8 Å². The van der Waals surface area contributed by atoms with Gasteiger partial charge < -0.3 is 23.0 Å². The summed E-state index contributed by atoms with van der Waals surface area (Å²) in [5, 5.41) is 0.163. The van der Waals surface area contributed by atoms with Gasteiger partial charge in [0.1, 0.15) is 11.1 Å². The number of nitrogens with one attached hydrogen (secondary N) is 1. The van der Waals surface area contributed by atoms with Gasteiger partial charge in [0.2, 0.25) is 6.43 Å². The summed E-state index contributed by atoms with van der Waals surface area (Å²) in [4.78, 5) is 23.2. The Labute approximate surface area is 215 Å². The summed E-state index contributed by atoms with van der Waals surface area (Å²) in [6, 6.07) is 5.65. The number of Topliss-reactive ketones (excluding diaryl/α,β-unsaturated/α-hetero) is 1. The number of piperidine rings is 1. The molecule has 3 aliphatic rings. The van der Waals surface area contributed by atoms with Gasteiger partial charge in [-0.2, -0.15) is 18.2 Å². The van der Waals surface area contributed by atoms with Crippen molar-refractivity contribution in [3.63, 3.8) is 0 Å². The molecule has 1 N–H and O–H groups in total. The molecule has 0 spiro atoms. The molecule has 3 heterocycles. The molecular formula is C24H27ClF3LiN4O-2. The molecule has 180 valence electrons. The van der Waals surface area contributed by atoms with E-state index in [1.807, 2.05) is 6.07 Å². The van der Waals surface area contributed by atoms with Gasteiger partial charge in [0.05, 0.1) is 0 Å². The van der Waals surface area contributed by atoms with Gasteiger partial charge in [0, 0.05) is 29.9 Å². The van der Waals surface area contributed by atoms with Crippen LogP contribution < -0.4 is 18.9 Å². The minimum Gasteiger partial charge on any atom is -0.482 e. The Balaban J connectivity index is 0.000000292. The van der Waals surface area contributed by atoms with Crippen LogP contribution in [0, 0.1) is 30.6 Å². The molecule has 0 amide bonds. The average molecular weight is 487 g/mol. The molecule has 2 bridgehead atoms. The fourth-order valence-electron chi connectivity index (χ4n) is 5.01. The van der Waals surface area contributed by atoms with Gasteiger partial charge in [-0.05, 0) is 56.7 Å². The van der Waals surface area contributed by atoms with E-state index in [0.29, 0.717) is 18.1 Å². The van der Waals surface area contributed by atoms with E-state index in [1.54, 1.807) is 0 Å². The third kappa shape index (κ3) is 6.15. The zero-order valence-corrected chi connectivity index (χ0v) is 20.3. The zero-order chi connectivity index (χ0) is 22.9. The van der Waals surface area contributed by atoms with Gasteiger partial charge in [-0.15, -0.1) is 6.07 Å². The number of alkyl halides is 2. The standard InChI is InChI=1S/C16H20ClN4O.C7H4F3.CH3.Li/c17-15-19-12-8-10(7-11(12)14(18)20-15)1-2-13(22)16-3-5-21(9-16)6-4-16;8-6-4-2-1-3-5(6)7(9)10;;/h10H,1-9H2,(H-,18,19,20);1-3,7H;1H3;/q3*-1;+1. The summed E-state index contributed by atoms with van der Waals surface area (Å²) in [6.45, 7) is 3.17. The molecule has 1 aromatic carbocycles. The van der Waals surface area contributed by atoms with E-state index in [0.717, 1.165) is 69.1 Å². The van der Waals surface area contributed by atoms with Crippen molar-refractivity contribution in [3.8, 4) is 0 Å². The summed E-state index contributed by atoms with van der Waals surface area (Å²) in [6.07, 6.45) is 2.56. The predicted molar refractivity (Wildman–Crippen MR) is 121 cm³/mol. The Morgan fingerprint density at radius 2 is 2.00 bits per heavy atom. The van der Waals surface area contributed by atoms with Crippen molar-refractivity contribution in [1.82, 2.24) is 14.9 Å². The van der Waals surface area contributed by atoms with Crippen LogP contribution in [-0.2, 0) is 17.6 Å². The smallest absolute Gasteiger partial charge is 0.482 e. The molecule has 5 nitrogen and oxygen atoms in total. The molecule has 2 fully saturated rings. The average Bonchev–Trinajstić information content (AvgIpc) is 3.48. The number of ketones is 1. The van der Waals surface area contributed by atoms with E-state index >= 15 is 0 Å². The number of aromatic nitrogens is 2. The number of rotatable bonds is 5. The summed E-state index contributed by atoms with van der Waals surface area (Å²) >= 11 is 5.83. The van der Waals surface area contributed by atoms with Crippen LogP contribution in [0.5, 0.6) is 0 Å². The Bertz CT molecular complexity index is 1000. The quantitative estimate of drug-likeness (QED) is 0.370. The van der Waals surface area contributed by atoms with Crippen molar-refractivity contribution < 1.29 is 36.8 Å². The number of hydrogen-bond donors (Lipinski definition) is 0. The second-order valence-electron chi connectivity index (χ2n) is 8.80. The molecule has 1 aliphatic carbocycles. The minimum absolute atomic E-state index is 0. The van der Waals surface area contributed by atoms with Crippen LogP contribution in [0.15, 0.2) is 18.2 Å². The molecule has 1 atom stereocenters. The fraction of sp³-hybridized carbons (Fsp3) is 0.500. The SMILES string of the molecule is Fc1[c-]cccc1C(F)F.[CH3-].[Li+].[NH-]c1nc(Cl)nc2c1CC(CCC(=O)C13CCN(CC1)C3)C2. The Morgan fingerprint density at radius 3 is 2.56 bits per heavy atom. The summed E-state index contributed by atoms with van der Waals surface area (Å²) in [5.41, 5.74) is 9.10. The Hall–Kier alpha value is -1.59.